The number of halogens is 4. The summed E-state index contributed by atoms with van der Waals surface area (Å²) in [5, 5.41) is 4.24. The topological polar surface area (TPSA) is 50.5 Å². The summed E-state index contributed by atoms with van der Waals surface area (Å²) in [5.41, 5.74) is 0.734. The number of benzene rings is 1. The van der Waals surface area contributed by atoms with Crippen LogP contribution >= 0.6 is 0 Å². The van der Waals surface area contributed by atoms with Crippen LogP contribution in [-0.2, 0) is 17.4 Å². The Kier molecular flexibility index (Phi) is 5.92. The van der Waals surface area contributed by atoms with E-state index in [4.69, 9.17) is 0 Å². The number of aromatic nitrogens is 3. The van der Waals surface area contributed by atoms with Crippen molar-refractivity contribution >= 4 is 11.6 Å². The van der Waals surface area contributed by atoms with Gasteiger partial charge in [-0.15, -0.1) is 0 Å². The van der Waals surface area contributed by atoms with Crippen LogP contribution in [0.15, 0.2) is 36.4 Å². The number of carbonyl (C=O) groups is 1. The van der Waals surface area contributed by atoms with Crippen LogP contribution in [0.1, 0.15) is 61.2 Å². The van der Waals surface area contributed by atoms with Gasteiger partial charge in [-0.25, -0.2) is 13.9 Å². The smallest absolute Gasteiger partial charge is 0.342 e. The maximum atomic E-state index is 13.6. The molecule has 1 fully saturated rings. The van der Waals surface area contributed by atoms with Crippen LogP contribution in [0.2, 0.25) is 0 Å². The average Bonchev–Trinajstić information content (AvgIpc) is 3.16. The molecule has 1 saturated heterocycles. The number of likely N-dealkylation sites (tertiary alicyclic amines) is 1. The minimum absolute atomic E-state index is 0.0766. The van der Waals surface area contributed by atoms with Crippen LogP contribution in [-0.4, -0.2) is 38.5 Å². The maximum absolute atomic E-state index is 13.6. The molecule has 1 atom stereocenters. The fourth-order valence-electron chi connectivity index (χ4n) is 4.09. The number of hydrogen-bond acceptors (Lipinski definition) is 3. The summed E-state index contributed by atoms with van der Waals surface area (Å²) in [4.78, 5) is 18.8. The number of hydrogen-bond donors (Lipinski definition) is 0. The molecule has 3 heterocycles. The van der Waals surface area contributed by atoms with Crippen molar-refractivity contribution in [3.63, 3.8) is 0 Å². The molecular formula is C23H24F4N4O. The van der Waals surface area contributed by atoms with Gasteiger partial charge in [-0.05, 0) is 42.5 Å². The second-order valence-electron chi connectivity index (χ2n) is 8.54. The minimum atomic E-state index is -4.56. The molecule has 0 aliphatic carbocycles. The van der Waals surface area contributed by atoms with Crippen molar-refractivity contribution in [2.75, 3.05) is 13.1 Å². The summed E-state index contributed by atoms with van der Waals surface area (Å²) in [6.07, 6.45) is -3.06. The van der Waals surface area contributed by atoms with E-state index in [-0.39, 0.29) is 29.8 Å². The summed E-state index contributed by atoms with van der Waals surface area (Å²) >= 11 is 0. The fraction of sp³-hybridized carbons (Fsp3) is 0.435. The molecule has 170 valence electrons. The van der Waals surface area contributed by atoms with Gasteiger partial charge in [0.15, 0.2) is 5.65 Å². The first kappa shape index (κ1) is 22.2. The highest BCUT2D eigenvalue weighted by Crippen LogP contribution is 2.33. The number of fused-ring (bicyclic) bond motifs is 1. The SMILES string of the molecule is CC(C)c1cc(C(F)(F)F)n2nc(C3CCCN(C(=O)Cc4cccc(F)c4)C3)cc2n1. The molecule has 1 aliphatic heterocycles. The largest absolute Gasteiger partial charge is 0.433 e. The molecule has 32 heavy (non-hydrogen) atoms. The predicted molar refractivity (Wildman–Crippen MR) is 111 cm³/mol. The van der Waals surface area contributed by atoms with E-state index in [1.165, 1.54) is 12.1 Å². The monoisotopic (exact) mass is 448 g/mol. The van der Waals surface area contributed by atoms with Gasteiger partial charge in [0.25, 0.3) is 0 Å². The molecule has 1 aliphatic rings. The van der Waals surface area contributed by atoms with Crippen LogP contribution in [0.4, 0.5) is 17.6 Å². The lowest BCUT2D eigenvalue weighted by molar-refractivity contribution is -0.142. The number of alkyl halides is 3. The van der Waals surface area contributed by atoms with Crippen molar-refractivity contribution in [2.45, 2.75) is 51.1 Å². The lowest BCUT2D eigenvalue weighted by Crippen LogP contribution is -2.40. The second kappa shape index (κ2) is 8.52. The second-order valence-corrected chi connectivity index (χ2v) is 8.54. The molecule has 0 saturated carbocycles. The first-order valence-electron chi connectivity index (χ1n) is 10.6. The molecule has 0 radical (unpaired) electrons. The normalized spacial score (nSPS) is 17.3. The molecule has 1 unspecified atom stereocenters. The van der Waals surface area contributed by atoms with Gasteiger partial charge in [0.05, 0.1) is 12.1 Å². The first-order chi connectivity index (χ1) is 15.1. The summed E-state index contributed by atoms with van der Waals surface area (Å²) in [6, 6.07) is 8.54. The highest BCUT2D eigenvalue weighted by molar-refractivity contribution is 5.79. The average molecular weight is 448 g/mol. The summed E-state index contributed by atoms with van der Waals surface area (Å²) < 4.78 is 55.2. The van der Waals surface area contributed by atoms with E-state index in [1.54, 1.807) is 36.9 Å². The number of carbonyl (C=O) groups excluding carboxylic acids is 1. The molecular weight excluding hydrogens is 424 g/mol. The lowest BCUT2D eigenvalue weighted by Gasteiger charge is -2.32. The first-order valence-corrected chi connectivity index (χ1v) is 10.6. The number of amides is 1. The molecule has 5 nitrogen and oxygen atoms in total. The fourth-order valence-corrected chi connectivity index (χ4v) is 4.09. The molecule has 3 aromatic rings. The van der Waals surface area contributed by atoms with Gasteiger partial charge in [-0.1, -0.05) is 26.0 Å². The molecule has 9 heteroatoms. The van der Waals surface area contributed by atoms with Crippen molar-refractivity contribution < 1.29 is 22.4 Å². The molecule has 4 rings (SSSR count). The Balaban J connectivity index is 1.59. The summed E-state index contributed by atoms with van der Waals surface area (Å²) in [6.45, 7) is 4.50. The quantitative estimate of drug-likeness (QED) is 0.530. The van der Waals surface area contributed by atoms with Crippen LogP contribution in [0.25, 0.3) is 5.65 Å². The van der Waals surface area contributed by atoms with E-state index in [1.807, 2.05) is 0 Å². The van der Waals surface area contributed by atoms with Gasteiger partial charge in [-0.2, -0.15) is 18.3 Å². The van der Waals surface area contributed by atoms with E-state index < -0.39 is 17.7 Å². The standard InChI is InChI=1S/C23H24F4N4O/c1-14(2)18-11-20(23(25,26)27)31-21(28-18)12-19(29-31)16-6-4-8-30(13-16)22(32)10-15-5-3-7-17(24)9-15/h3,5,7,9,11-12,14,16H,4,6,8,10,13H2,1-2H3. The Labute approximate surface area is 183 Å². The zero-order valence-corrected chi connectivity index (χ0v) is 17.9. The van der Waals surface area contributed by atoms with Crippen molar-refractivity contribution in [3.05, 3.63) is 64.9 Å². The predicted octanol–water partition coefficient (Wildman–Crippen LogP) is 4.96. The van der Waals surface area contributed by atoms with Gasteiger partial charge >= 0.3 is 6.18 Å². The van der Waals surface area contributed by atoms with Crippen molar-refractivity contribution in [1.29, 1.82) is 0 Å². The highest BCUT2D eigenvalue weighted by Gasteiger charge is 2.36. The Bertz CT molecular complexity index is 1140. The summed E-state index contributed by atoms with van der Waals surface area (Å²) in [7, 11) is 0. The Morgan fingerprint density at radius 1 is 1.22 bits per heavy atom. The molecule has 2 aromatic heterocycles. The number of piperidine rings is 1. The van der Waals surface area contributed by atoms with Gasteiger partial charge in [0.2, 0.25) is 5.91 Å². The molecule has 1 amide bonds. The van der Waals surface area contributed by atoms with E-state index in [9.17, 15) is 22.4 Å². The number of nitrogens with zero attached hydrogens (tertiary/aromatic N) is 4. The van der Waals surface area contributed by atoms with Gasteiger partial charge < -0.3 is 4.90 Å². The van der Waals surface area contributed by atoms with E-state index in [2.05, 4.69) is 10.1 Å². The molecule has 0 bridgehead atoms. The molecule has 0 spiro atoms. The van der Waals surface area contributed by atoms with E-state index in [0.717, 1.165) is 10.6 Å². The Morgan fingerprint density at radius 3 is 2.69 bits per heavy atom. The summed E-state index contributed by atoms with van der Waals surface area (Å²) in [5.74, 6) is -0.888. The van der Waals surface area contributed by atoms with E-state index >= 15 is 0 Å². The van der Waals surface area contributed by atoms with Crippen LogP contribution < -0.4 is 0 Å². The van der Waals surface area contributed by atoms with Crippen molar-refractivity contribution in [3.8, 4) is 0 Å². The molecule has 1 aromatic carbocycles. The van der Waals surface area contributed by atoms with Crippen LogP contribution in [0, 0.1) is 5.82 Å². The van der Waals surface area contributed by atoms with Crippen LogP contribution in [0.5, 0.6) is 0 Å². The van der Waals surface area contributed by atoms with E-state index in [0.29, 0.717) is 42.9 Å². The highest BCUT2D eigenvalue weighted by atomic mass is 19.4. The van der Waals surface area contributed by atoms with Crippen LogP contribution in [0.3, 0.4) is 0 Å². The van der Waals surface area contributed by atoms with Gasteiger partial charge in [0.1, 0.15) is 11.5 Å². The third kappa shape index (κ3) is 4.61. The maximum Gasteiger partial charge on any atom is 0.433 e. The Morgan fingerprint density at radius 2 is 2.00 bits per heavy atom. The van der Waals surface area contributed by atoms with Gasteiger partial charge in [0, 0.05) is 30.8 Å². The lowest BCUT2D eigenvalue weighted by atomic mass is 9.94. The molecule has 0 N–H and O–H groups in total. The Hall–Kier alpha value is -2.97. The van der Waals surface area contributed by atoms with Gasteiger partial charge in [-0.3, -0.25) is 4.79 Å². The third-order valence-electron chi connectivity index (χ3n) is 5.78. The number of rotatable bonds is 4. The zero-order chi connectivity index (χ0) is 23.0. The van der Waals surface area contributed by atoms with Crippen molar-refractivity contribution in [1.82, 2.24) is 19.5 Å². The van der Waals surface area contributed by atoms with Crippen molar-refractivity contribution in [2.24, 2.45) is 0 Å². The zero-order valence-electron chi connectivity index (χ0n) is 17.9. The minimum Gasteiger partial charge on any atom is -0.342 e. The third-order valence-corrected chi connectivity index (χ3v) is 5.78.